The molecule has 1 aromatic rings. The van der Waals surface area contributed by atoms with Crippen LogP contribution in [-0.2, 0) is 4.74 Å². The second-order valence-corrected chi connectivity index (χ2v) is 6.89. The predicted molar refractivity (Wildman–Crippen MR) is 82.8 cm³/mol. The molecule has 1 fully saturated rings. The predicted octanol–water partition coefficient (Wildman–Crippen LogP) is 4.40. The molecule has 128 valence electrons. The molecule has 1 amide bonds. The van der Waals surface area contributed by atoms with Crippen molar-refractivity contribution in [3.63, 3.8) is 0 Å². The molecule has 4 nitrogen and oxygen atoms in total. The summed E-state index contributed by atoms with van der Waals surface area (Å²) in [6.45, 7) is 6.41. The van der Waals surface area contributed by atoms with Gasteiger partial charge < -0.3 is 14.4 Å². The number of hydrogen-bond acceptors (Lipinski definition) is 3. The van der Waals surface area contributed by atoms with Crippen LogP contribution in [0.25, 0.3) is 0 Å². The summed E-state index contributed by atoms with van der Waals surface area (Å²) in [4.78, 5) is 13.6. The molecular weight excluding hydrogens is 328 g/mol. The lowest BCUT2D eigenvalue weighted by molar-refractivity contribution is 0.0126. The van der Waals surface area contributed by atoms with E-state index < -0.39 is 17.2 Å². The van der Waals surface area contributed by atoms with Gasteiger partial charge in [-0.25, -0.2) is 13.6 Å². The van der Waals surface area contributed by atoms with Crippen LogP contribution in [0, 0.1) is 11.6 Å². The standard InChI is InChI=1S/C16H20ClF2NO3/c1-16(2,3)23-15(21)20-6-4-10(5-7-20)22-11-8-12(17)14(19)13(18)9-11/h8-10H,4-7H2,1-3H3. The largest absolute Gasteiger partial charge is 0.490 e. The van der Waals surface area contributed by atoms with Crippen LogP contribution in [0.3, 0.4) is 0 Å². The van der Waals surface area contributed by atoms with Gasteiger partial charge in [0.15, 0.2) is 11.6 Å². The maximum atomic E-state index is 13.3. The molecule has 1 aromatic carbocycles. The molecule has 0 radical (unpaired) electrons. The summed E-state index contributed by atoms with van der Waals surface area (Å²) in [7, 11) is 0. The van der Waals surface area contributed by atoms with Crippen LogP contribution in [0.1, 0.15) is 33.6 Å². The van der Waals surface area contributed by atoms with Gasteiger partial charge in [0.2, 0.25) is 0 Å². The van der Waals surface area contributed by atoms with Gasteiger partial charge in [0.1, 0.15) is 17.5 Å². The summed E-state index contributed by atoms with van der Waals surface area (Å²) in [5, 5.41) is -0.314. The third-order valence-corrected chi connectivity index (χ3v) is 3.63. The van der Waals surface area contributed by atoms with Crippen molar-refractivity contribution in [3.05, 3.63) is 28.8 Å². The number of benzene rings is 1. The molecule has 1 saturated heterocycles. The molecule has 1 aliphatic heterocycles. The molecule has 1 aliphatic rings. The number of nitrogens with zero attached hydrogens (tertiary/aromatic N) is 1. The van der Waals surface area contributed by atoms with Crippen molar-refractivity contribution in [2.24, 2.45) is 0 Å². The Labute approximate surface area is 139 Å². The van der Waals surface area contributed by atoms with E-state index in [1.54, 1.807) is 4.90 Å². The molecule has 0 saturated carbocycles. The zero-order chi connectivity index (χ0) is 17.2. The van der Waals surface area contributed by atoms with Crippen molar-refractivity contribution < 1.29 is 23.0 Å². The van der Waals surface area contributed by atoms with E-state index in [1.165, 1.54) is 6.07 Å². The Morgan fingerprint density at radius 2 is 1.87 bits per heavy atom. The maximum Gasteiger partial charge on any atom is 0.410 e. The van der Waals surface area contributed by atoms with Crippen molar-refractivity contribution in [3.8, 4) is 5.75 Å². The van der Waals surface area contributed by atoms with Crippen molar-refractivity contribution in [2.45, 2.75) is 45.3 Å². The summed E-state index contributed by atoms with van der Waals surface area (Å²) < 4.78 is 37.4. The summed E-state index contributed by atoms with van der Waals surface area (Å²) in [6.07, 6.45) is 0.618. The molecule has 0 N–H and O–H groups in total. The van der Waals surface area contributed by atoms with E-state index in [-0.39, 0.29) is 23.0 Å². The third kappa shape index (κ3) is 4.96. The summed E-state index contributed by atoms with van der Waals surface area (Å²) >= 11 is 5.60. The monoisotopic (exact) mass is 347 g/mol. The van der Waals surface area contributed by atoms with Crippen LogP contribution in [0.4, 0.5) is 13.6 Å². The molecule has 1 heterocycles. The first-order chi connectivity index (χ1) is 10.7. The molecule has 0 unspecified atom stereocenters. The van der Waals surface area contributed by atoms with E-state index in [1.807, 2.05) is 20.8 Å². The molecule has 23 heavy (non-hydrogen) atoms. The quantitative estimate of drug-likeness (QED) is 0.744. The van der Waals surface area contributed by atoms with Gasteiger partial charge in [0.25, 0.3) is 0 Å². The lowest BCUT2D eigenvalue weighted by Gasteiger charge is -2.33. The molecule has 7 heteroatoms. The highest BCUT2D eigenvalue weighted by atomic mass is 35.5. The second kappa shape index (κ2) is 6.91. The summed E-state index contributed by atoms with van der Waals surface area (Å²) in [6, 6.07) is 2.22. The van der Waals surface area contributed by atoms with Gasteiger partial charge in [-0.3, -0.25) is 0 Å². The van der Waals surface area contributed by atoms with Crippen molar-refractivity contribution in [1.82, 2.24) is 4.90 Å². The average Bonchev–Trinajstić information content (AvgIpc) is 2.43. The minimum atomic E-state index is -1.08. The van der Waals surface area contributed by atoms with Crippen molar-refractivity contribution in [1.29, 1.82) is 0 Å². The van der Waals surface area contributed by atoms with Crippen LogP contribution in [-0.4, -0.2) is 35.8 Å². The molecule has 0 spiro atoms. The highest BCUT2D eigenvalue weighted by molar-refractivity contribution is 6.30. The summed E-state index contributed by atoms with van der Waals surface area (Å²) in [5.41, 5.74) is -0.535. The number of amides is 1. The van der Waals surface area contributed by atoms with E-state index >= 15 is 0 Å². The van der Waals surface area contributed by atoms with E-state index in [0.717, 1.165) is 6.07 Å². The molecule has 0 aromatic heterocycles. The zero-order valence-corrected chi connectivity index (χ0v) is 14.1. The first kappa shape index (κ1) is 17.8. The Kier molecular flexibility index (Phi) is 5.34. The third-order valence-electron chi connectivity index (χ3n) is 3.35. The van der Waals surface area contributed by atoms with E-state index in [2.05, 4.69) is 0 Å². The van der Waals surface area contributed by atoms with Gasteiger partial charge in [-0.15, -0.1) is 0 Å². The van der Waals surface area contributed by atoms with Crippen LogP contribution in [0.15, 0.2) is 12.1 Å². The normalized spacial score (nSPS) is 16.3. The summed E-state index contributed by atoms with van der Waals surface area (Å²) in [5.74, 6) is -1.94. The average molecular weight is 348 g/mol. The lowest BCUT2D eigenvalue weighted by atomic mass is 10.1. The Morgan fingerprint density at radius 1 is 1.26 bits per heavy atom. The van der Waals surface area contributed by atoms with E-state index in [9.17, 15) is 13.6 Å². The topological polar surface area (TPSA) is 38.8 Å². The number of ether oxygens (including phenoxy) is 2. The van der Waals surface area contributed by atoms with Gasteiger partial charge in [0, 0.05) is 38.1 Å². The number of piperidine rings is 1. The lowest BCUT2D eigenvalue weighted by Crippen LogP contribution is -2.44. The van der Waals surface area contributed by atoms with Crippen molar-refractivity contribution >= 4 is 17.7 Å². The fourth-order valence-electron chi connectivity index (χ4n) is 2.28. The van der Waals surface area contributed by atoms with Crippen LogP contribution < -0.4 is 4.74 Å². The van der Waals surface area contributed by atoms with E-state index in [0.29, 0.717) is 25.9 Å². The fraction of sp³-hybridized carbons (Fsp3) is 0.562. The molecule has 0 bridgehead atoms. The highest BCUT2D eigenvalue weighted by Gasteiger charge is 2.27. The Morgan fingerprint density at radius 3 is 2.39 bits per heavy atom. The molecule has 0 aliphatic carbocycles. The molecular formula is C16H20ClF2NO3. The van der Waals surface area contributed by atoms with Crippen molar-refractivity contribution in [2.75, 3.05) is 13.1 Å². The highest BCUT2D eigenvalue weighted by Crippen LogP contribution is 2.27. The smallest absolute Gasteiger partial charge is 0.410 e. The fourth-order valence-corrected chi connectivity index (χ4v) is 2.47. The first-order valence-corrected chi connectivity index (χ1v) is 7.82. The molecule has 0 atom stereocenters. The zero-order valence-electron chi connectivity index (χ0n) is 13.4. The first-order valence-electron chi connectivity index (χ1n) is 7.45. The number of carbonyl (C=O) groups is 1. The van der Waals surface area contributed by atoms with Crippen LogP contribution >= 0.6 is 11.6 Å². The number of likely N-dealkylation sites (tertiary alicyclic amines) is 1. The van der Waals surface area contributed by atoms with Crippen LogP contribution in [0.2, 0.25) is 5.02 Å². The van der Waals surface area contributed by atoms with Gasteiger partial charge >= 0.3 is 6.09 Å². The SMILES string of the molecule is CC(C)(C)OC(=O)N1CCC(Oc2cc(F)c(F)c(Cl)c2)CC1. The number of hydrogen-bond donors (Lipinski definition) is 0. The Bertz CT molecular complexity index is 558. The van der Waals surface area contributed by atoms with Crippen LogP contribution in [0.5, 0.6) is 5.75 Å². The van der Waals surface area contributed by atoms with Gasteiger partial charge in [-0.2, -0.15) is 0 Å². The van der Waals surface area contributed by atoms with Gasteiger partial charge in [0.05, 0.1) is 5.02 Å². The minimum absolute atomic E-state index is 0.185. The van der Waals surface area contributed by atoms with Gasteiger partial charge in [-0.1, -0.05) is 11.6 Å². The Hall–Kier alpha value is -1.56. The maximum absolute atomic E-state index is 13.3. The Balaban J connectivity index is 1.89. The second-order valence-electron chi connectivity index (χ2n) is 6.49. The van der Waals surface area contributed by atoms with E-state index in [4.69, 9.17) is 21.1 Å². The minimum Gasteiger partial charge on any atom is -0.490 e. The number of carbonyl (C=O) groups excluding carboxylic acids is 1. The number of halogens is 3. The number of rotatable bonds is 2. The van der Waals surface area contributed by atoms with Gasteiger partial charge in [-0.05, 0) is 20.8 Å². The molecule has 2 rings (SSSR count).